The van der Waals surface area contributed by atoms with Crippen molar-refractivity contribution in [3.05, 3.63) is 42.0 Å². The van der Waals surface area contributed by atoms with Crippen molar-refractivity contribution >= 4 is 17.8 Å². The van der Waals surface area contributed by atoms with Crippen LogP contribution in [0.2, 0.25) is 0 Å². The summed E-state index contributed by atoms with van der Waals surface area (Å²) in [6.07, 6.45) is 7.73. The van der Waals surface area contributed by atoms with Gasteiger partial charge in [-0.1, -0.05) is 18.9 Å². The number of esters is 1. The van der Waals surface area contributed by atoms with Crippen molar-refractivity contribution in [3.8, 4) is 11.5 Å². The lowest BCUT2D eigenvalue weighted by molar-refractivity contribution is -0.156. The number of imidazole rings is 1. The Morgan fingerprint density at radius 1 is 1.20 bits per heavy atom. The molecular formula is C30H43N5O6. The lowest BCUT2D eigenvalue weighted by Gasteiger charge is -2.32. The van der Waals surface area contributed by atoms with Crippen molar-refractivity contribution < 1.29 is 28.6 Å². The highest BCUT2D eigenvalue weighted by Gasteiger charge is 2.44. The number of methoxy groups -OCH3 is 1. The predicted molar refractivity (Wildman–Crippen MR) is 152 cm³/mol. The number of ether oxygens (including phenoxy) is 3. The Labute approximate surface area is 241 Å². The van der Waals surface area contributed by atoms with Gasteiger partial charge in [-0.05, 0) is 56.3 Å². The Balaban J connectivity index is 1.58. The number of carbonyl (C=O) groups is 3. The fraction of sp³-hybridized carbons (Fsp3) is 0.600. The normalized spacial score (nSPS) is 21.5. The van der Waals surface area contributed by atoms with E-state index in [-0.39, 0.29) is 37.5 Å². The van der Waals surface area contributed by atoms with E-state index in [4.69, 9.17) is 14.2 Å². The Morgan fingerprint density at radius 3 is 2.73 bits per heavy atom. The number of hydrogen-bond donors (Lipinski definition) is 2. The fourth-order valence-electron chi connectivity index (χ4n) is 5.31. The van der Waals surface area contributed by atoms with Gasteiger partial charge in [-0.15, -0.1) is 0 Å². The molecule has 1 aliphatic carbocycles. The van der Waals surface area contributed by atoms with Crippen LogP contribution in [0.3, 0.4) is 0 Å². The van der Waals surface area contributed by atoms with Crippen LogP contribution in [0.15, 0.2) is 30.6 Å². The minimum absolute atomic E-state index is 0.0976. The van der Waals surface area contributed by atoms with E-state index in [0.717, 1.165) is 24.2 Å². The van der Waals surface area contributed by atoms with Crippen molar-refractivity contribution in [1.29, 1.82) is 0 Å². The smallest absolute Gasteiger partial charge is 0.314 e. The summed E-state index contributed by atoms with van der Waals surface area (Å²) >= 11 is 0. The van der Waals surface area contributed by atoms with E-state index in [0.29, 0.717) is 69.3 Å². The number of carbonyl (C=O) groups excluding carboxylic acids is 3. The van der Waals surface area contributed by atoms with Crippen LogP contribution in [0.1, 0.15) is 50.4 Å². The molecule has 1 aliphatic heterocycles. The molecule has 2 amide bonds. The number of nitrogens with one attached hydrogen (secondary N) is 2. The first-order valence-corrected chi connectivity index (χ1v) is 14.5. The molecule has 0 radical (unpaired) electrons. The number of rotatable bonds is 7. The highest BCUT2D eigenvalue weighted by Crippen LogP contribution is 2.43. The van der Waals surface area contributed by atoms with Crippen LogP contribution in [-0.4, -0.2) is 78.7 Å². The summed E-state index contributed by atoms with van der Waals surface area (Å²) in [6, 6.07) is 5.48. The Morgan fingerprint density at radius 2 is 2.02 bits per heavy atom. The van der Waals surface area contributed by atoms with Gasteiger partial charge in [0, 0.05) is 45.5 Å². The van der Waals surface area contributed by atoms with Crippen molar-refractivity contribution in [2.75, 3.05) is 46.5 Å². The van der Waals surface area contributed by atoms with Crippen molar-refractivity contribution in [3.63, 3.8) is 0 Å². The van der Waals surface area contributed by atoms with Crippen LogP contribution < -0.4 is 20.1 Å². The lowest BCUT2D eigenvalue weighted by atomic mass is 9.76. The summed E-state index contributed by atoms with van der Waals surface area (Å²) < 4.78 is 18.9. The predicted octanol–water partition coefficient (Wildman–Crippen LogP) is 2.23. The fourth-order valence-corrected chi connectivity index (χ4v) is 5.31. The first kappa shape index (κ1) is 30.4. The van der Waals surface area contributed by atoms with E-state index in [2.05, 4.69) is 20.5 Å². The molecule has 1 aromatic heterocycles. The average Bonchev–Trinajstić information content (AvgIpc) is 3.68. The molecule has 1 fully saturated rings. The summed E-state index contributed by atoms with van der Waals surface area (Å²) in [7, 11) is 3.49. The zero-order valence-corrected chi connectivity index (χ0v) is 24.4. The van der Waals surface area contributed by atoms with E-state index in [1.807, 2.05) is 29.9 Å². The Bertz CT molecular complexity index is 1200. The Hall–Kier alpha value is -3.60. The molecule has 11 heteroatoms. The van der Waals surface area contributed by atoms with E-state index in [1.165, 1.54) is 0 Å². The van der Waals surface area contributed by atoms with Gasteiger partial charge in [0.25, 0.3) is 5.91 Å². The van der Waals surface area contributed by atoms with Crippen LogP contribution in [0.25, 0.3) is 0 Å². The second-order valence-corrected chi connectivity index (χ2v) is 11.1. The molecule has 224 valence electrons. The monoisotopic (exact) mass is 569 g/mol. The van der Waals surface area contributed by atoms with E-state index in [1.54, 1.807) is 26.3 Å². The van der Waals surface area contributed by atoms with Gasteiger partial charge in [-0.25, -0.2) is 4.98 Å². The highest BCUT2D eigenvalue weighted by atomic mass is 16.5. The second-order valence-electron chi connectivity index (χ2n) is 11.1. The van der Waals surface area contributed by atoms with Crippen LogP contribution in [-0.2, 0) is 39.1 Å². The number of amides is 2. The summed E-state index contributed by atoms with van der Waals surface area (Å²) in [5, 5.41) is 5.99. The third-order valence-electron chi connectivity index (χ3n) is 7.75. The molecule has 0 saturated heterocycles. The topological polar surface area (TPSA) is 124 Å². The molecular weight excluding hydrogens is 526 g/mol. The van der Waals surface area contributed by atoms with Gasteiger partial charge in [0.1, 0.15) is 5.82 Å². The maximum absolute atomic E-state index is 13.5. The number of nitrogens with zero attached hydrogens (tertiary/aromatic N) is 3. The molecule has 2 aliphatic rings. The average molecular weight is 570 g/mol. The van der Waals surface area contributed by atoms with E-state index >= 15 is 0 Å². The first-order valence-electron chi connectivity index (χ1n) is 14.5. The quantitative estimate of drug-likeness (QED) is 0.487. The number of benzene rings is 1. The molecule has 2 N–H and O–H groups in total. The minimum Gasteiger partial charge on any atom is -0.493 e. The molecule has 0 spiro atoms. The van der Waals surface area contributed by atoms with Gasteiger partial charge in [0.2, 0.25) is 5.91 Å². The maximum atomic E-state index is 13.5. The lowest BCUT2D eigenvalue weighted by Crippen LogP contribution is -2.46. The molecule has 2 aromatic rings. The summed E-state index contributed by atoms with van der Waals surface area (Å²) in [4.78, 5) is 45.8. The van der Waals surface area contributed by atoms with Gasteiger partial charge in [-0.2, -0.15) is 0 Å². The number of fused-ring (bicyclic) bond motifs is 2. The van der Waals surface area contributed by atoms with E-state index in [9.17, 15) is 14.4 Å². The molecule has 1 aromatic carbocycles. The first-order chi connectivity index (χ1) is 19.8. The second kappa shape index (κ2) is 14.3. The minimum atomic E-state index is -0.911. The highest BCUT2D eigenvalue weighted by molar-refractivity contribution is 5.80. The van der Waals surface area contributed by atoms with Gasteiger partial charge in [0.15, 0.2) is 18.1 Å². The third-order valence-corrected chi connectivity index (χ3v) is 7.75. The number of aromatic nitrogens is 2. The molecule has 41 heavy (non-hydrogen) atoms. The van der Waals surface area contributed by atoms with Crippen molar-refractivity contribution in [1.82, 2.24) is 25.1 Å². The summed E-state index contributed by atoms with van der Waals surface area (Å²) in [6.45, 7) is 4.35. The van der Waals surface area contributed by atoms with Gasteiger partial charge < -0.3 is 29.4 Å². The van der Waals surface area contributed by atoms with Crippen LogP contribution in [0, 0.1) is 11.3 Å². The molecule has 1 atom stereocenters. The van der Waals surface area contributed by atoms with Crippen molar-refractivity contribution in [2.45, 2.75) is 52.0 Å². The summed E-state index contributed by atoms with van der Waals surface area (Å²) in [5.74, 6) is 1.59. The van der Waals surface area contributed by atoms with Crippen LogP contribution in [0.5, 0.6) is 11.5 Å². The number of aryl methyl sites for hydroxylation is 1. The summed E-state index contributed by atoms with van der Waals surface area (Å²) in [5.41, 5.74) is -0.0682. The molecule has 2 bridgehead atoms. The van der Waals surface area contributed by atoms with Crippen LogP contribution in [0.4, 0.5) is 0 Å². The van der Waals surface area contributed by atoms with Gasteiger partial charge in [0.05, 0.1) is 25.7 Å². The van der Waals surface area contributed by atoms with Gasteiger partial charge >= 0.3 is 5.97 Å². The zero-order chi connectivity index (χ0) is 29.2. The standard InChI is InChI=1S/C30H43N5O6/c1-4-40-29(38)30(17-22-7-8-22)18-23-9-10-24(39-3)25(16-23)41-20-28(37)32-12-15-35(13-5-6-27(36)33-21-30)19-26-31-11-14-34(26)2/h9-11,14,16,22H,4-8,12-13,15,17-21H2,1-3H3,(H,32,37)(H,33,36). The molecule has 2 heterocycles. The molecule has 1 saturated carbocycles. The molecule has 11 nitrogen and oxygen atoms in total. The molecule has 4 rings (SSSR count). The van der Waals surface area contributed by atoms with Gasteiger partial charge in [-0.3, -0.25) is 19.3 Å². The zero-order valence-electron chi connectivity index (χ0n) is 24.4. The SMILES string of the molecule is CCOC(=O)C1(CC2CC2)CNC(=O)CCCN(Cc2nccn2C)CCNC(=O)COc2cc(ccc2OC)C1. The largest absolute Gasteiger partial charge is 0.493 e. The van der Waals surface area contributed by atoms with Crippen molar-refractivity contribution in [2.24, 2.45) is 18.4 Å². The van der Waals surface area contributed by atoms with E-state index < -0.39 is 5.41 Å². The number of hydrogen-bond acceptors (Lipinski definition) is 8. The molecule has 1 unspecified atom stereocenters. The maximum Gasteiger partial charge on any atom is 0.314 e. The van der Waals surface area contributed by atoms with Crippen LogP contribution >= 0.6 is 0 Å². The third kappa shape index (κ3) is 8.69. The Kier molecular flexibility index (Phi) is 10.6.